The van der Waals surface area contributed by atoms with Crippen LogP contribution in [0.4, 0.5) is 4.39 Å². The SMILES string of the molecule is O=C(NO)c1cc(F)c2c(c1)CCN(CC13CC1CCN3)C2. The summed E-state index contributed by atoms with van der Waals surface area (Å²) in [7, 11) is 0. The third-order valence-electron chi connectivity index (χ3n) is 5.44. The first kappa shape index (κ1) is 14.1. The molecule has 6 heteroatoms. The van der Waals surface area contributed by atoms with Gasteiger partial charge in [0, 0.05) is 36.3 Å². The molecule has 2 atom stereocenters. The molecule has 0 spiro atoms. The highest BCUT2D eigenvalue weighted by Crippen LogP contribution is 2.50. The summed E-state index contributed by atoms with van der Waals surface area (Å²) in [5, 5.41) is 12.3. The molecule has 2 aliphatic heterocycles. The standard InChI is InChI=1S/C16H20FN3O2/c17-14-6-11(15(21)19-22)5-10-2-4-20(8-13(10)14)9-16-7-12(16)1-3-18-16/h5-6,12,18,22H,1-4,7-9H2,(H,19,21). The van der Waals surface area contributed by atoms with Crippen molar-refractivity contribution in [1.29, 1.82) is 0 Å². The molecule has 5 nitrogen and oxygen atoms in total. The summed E-state index contributed by atoms with van der Waals surface area (Å²) in [5.74, 6) is -0.224. The van der Waals surface area contributed by atoms with E-state index in [0.717, 1.165) is 37.5 Å². The zero-order valence-corrected chi connectivity index (χ0v) is 12.4. The molecule has 0 aromatic heterocycles. The topological polar surface area (TPSA) is 64.6 Å². The Morgan fingerprint density at radius 1 is 1.55 bits per heavy atom. The van der Waals surface area contributed by atoms with Gasteiger partial charge in [-0.25, -0.2) is 9.87 Å². The summed E-state index contributed by atoms with van der Waals surface area (Å²) < 4.78 is 14.3. The zero-order valence-electron chi connectivity index (χ0n) is 12.4. The third-order valence-corrected chi connectivity index (χ3v) is 5.44. The summed E-state index contributed by atoms with van der Waals surface area (Å²) in [5.41, 5.74) is 3.57. The van der Waals surface area contributed by atoms with Crippen LogP contribution in [-0.4, -0.2) is 41.2 Å². The molecule has 1 saturated heterocycles. The number of fused-ring (bicyclic) bond motifs is 2. The number of rotatable bonds is 3. The van der Waals surface area contributed by atoms with E-state index in [1.165, 1.54) is 18.9 Å². The molecule has 0 bridgehead atoms. The molecule has 0 radical (unpaired) electrons. The van der Waals surface area contributed by atoms with Crippen LogP contribution >= 0.6 is 0 Å². The zero-order chi connectivity index (χ0) is 15.3. The van der Waals surface area contributed by atoms with Gasteiger partial charge in [-0.1, -0.05) is 0 Å². The van der Waals surface area contributed by atoms with Crippen molar-refractivity contribution in [1.82, 2.24) is 15.7 Å². The number of piperidine rings is 1. The largest absolute Gasteiger partial charge is 0.310 e. The number of halogens is 1. The number of benzene rings is 1. The molecule has 1 aromatic rings. The smallest absolute Gasteiger partial charge is 0.274 e. The number of hydrogen-bond acceptors (Lipinski definition) is 4. The lowest BCUT2D eigenvalue weighted by molar-refractivity contribution is 0.0705. The summed E-state index contributed by atoms with van der Waals surface area (Å²) >= 11 is 0. The first-order valence-corrected chi connectivity index (χ1v) is 7.84. The number of nitrogens with zero attached hydrogens (tertiary/aromatic N) is 1. The number of carbonyl (C=O) groups is 1. The Bertz CT molecular complexity index is 636. The predicted molar refractivity (Wildman–Crippen MR) is 78.1 cm³/mol. The summed E-state index contributed by atoms with van der Waals surface area (Å²) in [6, 6.07) is 2.90. The van der Waals surface area contributed by atoms with Gasteiger partial charge in [0.1, 0.15) is 5.82 Å². The Morgan fingerprint density at radius 2 is 2.41 bits per heavy atom. The fraction of sp³-hybridized carbons (Fsp3) is 0.562. The normalized spacial score (nSPS) is 29.8. The Balaban J connectivity index is 1.52. The minimum Gasteiger partial charge on any atom is -0.310 e. The molecule has 4 rings (SSSR count). The predicted octanol–water partition coefficient (Wildman–Crippen LogP) is 1.05. The minimum atomic E-state index is -0.668. The van der Waals surface area contributed by atoms with Crippen LogP contribution in [0.3, 0.4) is 0 Å². The molecule has 2 fully saturated rings. The molecule has 1 saturated carbocycles. The van der Waals surface area contributed by atoms with E-state index in [0.29, 0.717) is 12.1 Å². The maximum Gasteiger partial charge on any atom is 0.274 e. The lowest BCUT2D eigenvalue weighted by Gasteiger charge is -2.32. The molecule has 2 unspecified atom stereocenters. The maximum atomic E-state index is 14.3. The summed E-state index contributed by atoms with van der Waals surface area (Å²) in [6.07, 6.45) is 3.24. The van der Waals surface area contributed by atoms with E-state index in [1.54, 1.807) is 11.5 Å². The van der Waals surface area contributed by atoms with Gasteiger partial charge in [-0.2, -0.15) is 0 Å². The van der Waals surface area contributed by atoms with Crippen LogP contribution in [0, 0.1) is 11.7 Å². The summed E-state index contributed by atoms with van der Waals surface area (Å²) in [4.78, 5) is 13.8. The van der Waals surface area contributed by atoms with Crippen LogP contribution in [-0.2, 0) is 13.0 Å². The van der Waals surface area contributed by atoms with E-state index in [9.17, 15) is 9.18 Å². The molecule has 1 aromatic carbocycles. The molecule has 1 aliphatic carbocycles. The van der Waals surface area contributed by atoms with Crippen LogP contribution < -0.4 is 10.8 Å². The van der Waals surface area contributed by atoms with Gasteiger partial charge < -0.3 is 5.32 Å². The van der Waals surface area contributed by atoms with E-state index in [-0.39, 0.29) is 16.9 Å². The fourth-order valence-corrected chi connectivity index (χ4v) is 4.13. The molecule has 118 valence electrons. The average Bonchev–Trinajstić information content (AvgIpc) is 3.06. The second-order valence-corrected chi connectivity index (χ2v) is 6.77. The lowest BCUT2D eigenvalue weighted by Crippen LogP contribution is -2.44. The van der Waals surface area contributed by atoms with Crippen LogP contribution in [0.15, 0.2) is 12.1 Å². The van der Waals surface area contributed by atoms with Gasteiger partial charge in [0.15, 0.2) is 0 Å². The maximum absolute atomic E-state index is 14.3. The van der Waals surface area contributed by atoms with Crippen molar-refractivity contribution in [3.63, 3.8) is 0 Å². The van der Waals surface area contributed by atoms with Gasteiger partial charge in [0.05, 0.1) is 0 Å². The van der Waals surface area contributed by atoms with Crippen molar-refractivity contribution in [2.24, 2.45) is 5.92 Å². The first-order valence-electron chi connectivity index (χ1n) is 7.84. The highest BCUT2D eigenvalue weighted by molar-refractivity contribution is 5.93. The fourth-order valence-electron chi connectivity index (χ4n) is 4.13. The number of hydroxylamine groups is 1. The van der Waals surface area contributed by atoms with Crippen LogP contribution in [0.1, 0.15) is 34.3 Å². The second kappa shape index (κ2) is 5.01. The molecular weight excluding hydrogens is 285 g/mol. The van der Waals surface area contributed by atoms with Gasteiger partial charge in [-0.15, -0.1) is 0 Å². The van der Waals surface area contributed by atoms with Crippen molar-refractivity contribution < 1.29 is 14.4 Å². The monoisotopic (exact) mass is 305 g/mol. The highest BCUT2D eigenvalue weighted by Gasteiger charge is 2.57. The van der Waals surface area contributed by atoms with E-state index in [2.05, 4.69) is 10.2 Å². The summed E-state index contributed by atoms with van der Waals surface area (Å²) in [6.45, 7) is 3.56. The van der Waals surface area contributed by atoms with E-state index in [1.807, 2.05) is 0 Å². The van der Waals surface area contributed by atoms with Crippen molar-refractivity contribution in [3.05, 3.63) is 34.6 Å². The Labute approximate surface area is 128 Å². The Kier molecular flexibility index (Phi) is 3.21. The van der Waals surface area contributed by atoms with Crippen molar-refractivity contribution in [2.75, 3.05) is 19.6 Å². The minimum absolute atomic E-state index is 0.172. The van der Waals surface area contributed by atoms with E-state index >= 15 is 0 Å². The van der Waals surface area contributed by atoms with E-state index in [4.69, 9.17) is 5.21 Å². The van der Waals surface area contributed by atoms with Gasteiger partial charge in [0.25, 0.3) is 5.91 Å². The van der Waals surface area contributed by atoms with Crippen LogP contribution in [0.25, 0.3) is 0 Å². The van der Waals surface area contributed by atoms with Crippen molar-refractivity contribution >= 4 is 5.91 Å². The molecule has 3 N–H and O–H groups in total. The van der Waals surface area contributed by atoms with Crippen molar-refractivity contribution in [2.45, 2.75) is 31.3 Å². The highest BCUT2D eigenvalue weighted by atomic mass is 19.1. The van der Waals surface area contributed by atoms with Gasteiger partial charge in [-0.3, -0.25) is 14.9 Å². The molecule has 1 amide bonds. The molecule has 22 heavy (non-hydrogen) atoms. The van der Waals surface area contributed by atoms with Crippen LogP contribution in [0.5, 0.6) is 0 Å². The van der Waals surface area contributed by atoms with Gasteiger partial charge in [-0.05, 0) is 49.4 Å². The number of hydrogen-bond donors (Lipinski definition) is 3. The quantitative estimate of drug-likeness (QED) is 0.577. The number of nitrogens with one attached hydrogen (secondary N) is 2. The Hall–Kier alpha value is -1.50. The molecular formula is C16H20FN3O2. The molecule has 2 heterocycles. The van der Waals surface area contributed by atoms with E-state index < -0.39 is 5.91 Å². The lowest BCUT2D eigenvalue weighted by atomic mass is 9.96. The Morgan fingerprint density at radius 3 is 3.09 bits per heavy atom. The number of amides is 1. The van der Waals surface area contributed by atoms with Gasteiger partial charge >= 0.3 is 0 Å². The second-order valence-electron chi connectivity index (χ2n) is 6.77. The van der Waals surface area contributed by atoms with Gasteiger partial charge in [0.2, 0.25) is 0 Å². The van der Waals surface area contributed by atoms with Crippen molar-refractivity contribution in [3.8, 4) is 0 Å². The molecule has 3 aliphatic rings. The van der Waals surface area contributed by atoms with Crippen LogP contribution in [0.2, 0.25) is 0 Å². The first-order chi connectivity index (χ1) is 10.6. The third kappa shape index (κ3) is 2.22. The average molecular weight is 305 g/mol. The number of carbonyl (C=O) groups excluding carboxylic acids is 1.